The van der Waals surface area contributed by atoms with Crippen molar-refractivity contribution in [3.8, 4) is 22.3 Å². The summed E-state index contributed by atoms with van der Waals surface area (Å²) in [6, 6.07) is 42.3. The van der Waals surface area contributed by atoms with Crippen LogP contribution in [0, 0.1) is 0 Å². The van der Waals surface area contributed by atoms with Crippen LogP contribution >= 0.6 is 56.3 Å². The molecule has 6 aromatic rings. The van der Waals surface area contributed by atoms with Crippen LogP contribution in [0.1, 0.15) is 0 Å². The topological polar surface area (TPSA) is 0 Å². The normalized spacial score (nSPS) is 10.0. The Morgan fingerprint density at radius 1 is 0.472 bits per heavy atom. The van der Waals surface area contributed by atoms with E-state index < -0.39 is 0 Å². The summed E-state index contributed by atoms with van der Waals surface area (Å²) in [4.78, 5) is 0. The molecule has 0 bridgehead atoms. The first kappa shape index (κ1) is 29.8. The molecule has 0 radical (unpaired) electrons. The molecule has 0 aliphatic heterocycles. The van der Waals surface area contributed by atoms with E-state index in [1.54, 1.807) is 0 Å². The predicted octanol–water partition coefficient (Wildman–Crippen LogP) is 11.4. The van der Waals surface area contributed by atoms with Crippen LogP contribution in [0.3, 0.4) is 0 Å². The van der Waals surface area contributed by atoms with Gasteiger partial charge in [-0.1, -0.05) is 137 Å². The van der Waals surface area contributed by atoms with Gasteiger partial charge in [0.15, 0.2) is 0 Å². The Balaban J connectivity index is 0.000000177. The zero-order valence-corrected chi connectivity index (χ0v) is 28.7. The Kier molecular flexibility index (Phi) is 12.4. The van der Waals surface area contributed by atoms with Crippen LogP contribution < -0.4 is 0 Å². The second-order valence-corrected chi connectivity index (χ2v) is 20.8. The standard InChI is InChI=1S/2C15H10Br.2BrH.H2S.Zr/c2*16-14-8-4-7-12-9-10-13(15(12)14)11-5-2-1-3-6-11;;;;/h2*1-10H;2*1H;1H2;/q2*-1;;;;+2/p-3. The van der Waals surface area contributed by atoms with Crippen LogP contribution in [0.2, 0.25) is 0 Å². The Hall–Kier alpha value is -0.747. The number of fused-ring (bicyclic) bond motifs is 2. The first-order valence-corrected chi connectivity index (χ1v) is 23.7. The van der Waals surface area contributed by atoms with Crippen LogP contribution in [0.25, 0.3) is 43.8 Å². The molecule has 0 atom stereocenters. The molecule has 0 nitrogen and oxygen atoms in total. The first-order valence-electron chi connectivity index (χ1n) is 10.9. The summed E-state index contributed by atoms with van der Waals surface area (Å²) in [5, 5.41) is 5.17. The van der Waals surface area contributed by atoms with Crippen LogP contribution in [0.4, 0.5) is 0 Å². The smallest absolute Gasteiger partial charge is 0.813 e. The fraction of sp³-hybridized carbons (Fsp3) is 0. The molecular formula is C30H21Br4SZr-3. The summed E-state index contributed by atoms with van der Waals surface area (Å²) in [5.74, 6) is 0. The second kappa shape index (κ2) is 15.0. The van der Waals surface area contributed by atoms with Gasteiger partial charge in [-0.3, -0.25) is 0 Å². The molecule has 0 spiro atoms. The minimum Gasteiger partial charge on any atom is -0.813 e. The molecule has 0 heterocycles. The van der Waals surface area contributed by atoms with E-state index >= 15 is 0 Å². The van der Waals surface area contributed by atoms with Crippen LogP contribution in [0.15, 0.2) is 130 Å². The molecule has 0 saturated carbocycles. The first-order chi connectivity index (χ1) is 17.1. The van der Waals surface area contributed by atoms with E-state index in [2.05, 4.69) is 165 Å². The van der Waals surface area contributed by atoms with Crippen molar-refractivity contribution in [2.75, 3.05) is 0 Å². The third kappa shape index (κ3) is 7.21. The van der Waals surface area contributed by atoms with Crippen molar-refractivity contribution in [1.29, 1.82) is 0 Å². The van der Waals surface area contributed by atoms with Gasteiger partial charge in [0.1, 0.15) is 0 Å². The SMILES string of the molecule is Brc1cccc2cc[c-](-c3ccccc3)c12.Brc1cccc2cc[c-](-c3ccccc3)c12.[Br][Zr][Br].[SH-]. The molecule has 6 heteroatoms. The van der Waals surface area contributed by atoms with Gasteiger partial charge >= 0.3 is 43.0 Å². The zero-order valence-electron chi connectivity index (χ0n) is 19.0. The number of hydrogen-bond donors (Lipinski definition) is 0. The quantitative estimate of drug-likeness (QED) is 0.0952. The van der Waals surface area contributed by atoms with Gasteiger partial charge in [0.25, 0.3) is 0 Å². The van der Waals surface area contributed by atoms with Crippen LogP contribution in [-0.4, -0.2) is 0 Å². The molecule has 0 saturated heterocycles. The minimum absolute atomic E-state index is 0. The Morgan fingerprint density at radius 2 is 0.833 bits per heavy atom. The summed E-state index contributed by atoms with van der Waals surface area (Å²) in [5.41, 5.74) is 5.12. The summed E-state index contributed by atoms with van der Waals surface area (Å²) in [6.07, 6.45) is 0. The van der Waals surface area contributed by atoms with Gasteiger partial charge in [-0.15, -0.1) is 59.7 Å². The number of benzene rings is 4. The van der Waals surface area contributed by atoms with E-state index in [9.17, 15) is 0 Å². The van der Waals surface area contributed by atoms with Crippen molar-refractivity contribution in [2.45, 2.75) is 0 Å². The van der Waals surface area contributed by atoms with E-state index in [-0.39, 0.29) is 32.0 Å². The maximum Gasteiger partial charge on any atom is -0.813 e. The number of thiol groups is 1. The van der Waals surface area contributed by atoms with Crippen molar-refractivity contribution in [3.05, 3.63) is 130 Å². The third-order valence-electron chi connectivity index (χ3n) is 5.66. The number of rotatable bonds is 2. The molecule has 36 heavy (non-hydrogen) atoms. The van der Waals surface area contributed by atoms with Gasteiger partial charge in [-0.2, -0.15) is 0 Å². The molecular weight excluding hydrogens is 803 g/mol. The summed E-state index contributed by atoms with van der Waals surface area (Å²) >= 11 is 13.6. The number of halogens is 4. The van der Waals surface area contributed by atoms with E-state index in [1.165, 1.54) is 43.8 Å². The largest absolute Gasteiger partial charge is 0.813 e. The summed E-state index contributed by atoms with van der Waals surface area (Å²) < 4.78 is 2.32. The van der Waals surface area contributed by atoms with Crippen molar-refractivity contribution >= 4 is 91.3 Å². The Labute approximate surface area is 259 Å². The molecule has 0 N–H and O–H groups in total. The fourth-order valence-corrected chi connectivity index (χ4v) is 5.35. The van der Waals surface area contributed by atoms with Gasteiger partial charge < -0.3 is 13.5 Å². The van der Waals surface area contributed by atoms with Crippen LogP contribution in [0.5, 0.6) is 0 Å². The van der Waals surface area contributed by atoms with Gasteiger partial charge in [-0.05, 0) is 8.95 Å². The average molecular weight is 824 g/mol. The van der Waals surface area contributed by atoms with E-state index in [0.29, 0.717) is 0 Å². The number of hydrogen-bond acceptors (Lipinski definition) is 1. The predicted molar refractivity (Wildman–Crippen MR) is 172 cm³/mol. The van der Waals surface area contributed by atoms with Crippen molar-refractivity contribution in [3.63, 3.8) is 0 Å². The molecule has 6 aromatic carbocycles. The van der Waals surface area contributed by atoms with Crippen molar-refractivity contribution in [2.24, 2.45) is 0 Å². The average Bonchev–Trinajstić information content (AvgIpc) is 3.52. The monoisotopic (exact) mass is 819 g/mol. The van der Waals surface area contributed by atoms with E-state index in [4.69, 9.17) is 0 Å². The van der Waals surface area contributed by atoms with E-state index in [0.717, 1.165) is 8.95 Å². The minimum atomic E-state index is -0.145. The third-order valence-corrected chi connectivity index (χ3v) is 6.98. The molecule has 6 rings (SSSR count). The maximum atomic E-state index is 3.62. The molecule has 0 amide bonds. The Bertz CT molecular complexity index is 1390. The second-order valence-electron chi connectivity index (χ2n) is 7.71. The summed E-state index contributed by atoms with van der Waals surface area (Å²) in [7, 11) is 0. The Morgan fingerprint density at radius 3 is 1.19 bits per heavy atom. The van der Waals surface area contributed by atoms with Crippen molar-refractivity contribution in [1.82, 2.24) is 0 Å². The van der Waals surface area contributed by atoms with Crippen LogP contribution in [-0.2, 0) is 32.0 Å². The molecule has 0 aliphatic carbocycles. The zero-order chi connectivity index (χ0) is 24.6. The molecule has 0 aliphatic rings. The van der Waals surface area contributed by atoms with Gasteiger partial charge in [-0.25, -0.2) is 0 Å². The summed E-state index contributed by atoms with van der Waals surface area (Å²) in [6.45, 7) is 0. The maximum absolute atomic E-state index is 3.62. The fourth-order valence-electron chi connectivity index (χ4n) is 4.16. The van der Waals surface area contributed by atoms with E-state index in [1.807, 2.05) is 12.1 Å². The molecule has 0 aromatic heterocycles. The molecule has 0 unspecified atom stereocenters. The van der Waals surface area contributed by atoms with Crippen molar-refractivity contribution < 1.29 is 18.5 Å². The molecule has 0 fully saturated rings. The van der Waals surface area contributed by atoms with Gasteiger partial charge in [0.2, 0.25) is 0 Å². The van der Waals surface area contributed by atoms with Gasteiger partial charge in [0.05, 0.1) is 0 Å². The van der Waals surface area contributed by atoms with Gasteiger partial charge in [0, 0.05) is 0 Å². The molecule has 182 valence electrons.